The van der Waals surface area contributed by atoms with E-state index in [2.05, 4.69) is 22.2 Å². The van der Waals surface area contributed by atoms with Crippen molar-refractivity contribution in [3.63, 3.8) is 0 Å². The Morgan fingerprint density at radius 2 is 2.11 bits per heavy atom. The van der Waals surface area contributed by atoms with Gasteiger partial charge in [0.05, 0.1) is 38.4 Å². The molecule has 0 bridgehead atoms. The Morgan fingerprint density at radius 1 is 1.35 bits per heavy atom. The van der Waals surface area contributed by atoms with Crippen LogP contribution in [0.15, 0.2) is 66.7 Å². The molecule has 0 aliphatic heterocycles. The van der Waals surface area contributed by atoms with Crippen LogP contribution in [0.4, 0.5) is 13.2 Å². The molecule has 10 heteroatoms. The number of carbonyl (C=O) groups excluding carboxylic acids is 1. The fraction of sp³-hybridized carbons (Fsp3) is 0.333. The molecule has 0 atom stereocenters. The van der Waals surface area contributed by atoms with Gasteiger partial charge in [0, 0.05) is 23.4 Å². The first-order chi connectivity index (χ1) is 17.7. The molecule has 0 saturated heterocycles. The number of hydrogen-bond donors (Lipinski definition) is 2. The number of aromatic nitrogens is 2. The Bertz CT molecular complexity index is 1210. The van der Waals surface area contributed by atoms with E-state index in [0.717, 1.165) is 24.0 Å². The molecule has 3 rings (SSSR count). The number of rotatable bonds is 13. The summed E-state index contributed by atoms with van der Waals surface area (Å²) >= 11 is 0. The van der Waals surface area contributed by atoms with Crippen molar-refractivity contribution < 1.29 is 27.4 Å². The summed E-state index contributed by atoms with van der Waals surface area (Å²) in [6.45, 7) is 6.37. The van der Waals surface area contributed by atoms with Gasteiger partial charge in [-0.2, -0.15) is 0 Å². The van der Waals surface area contributed by atoms with Crippen LogP contribution in [0.2, 0.25) is 0 Å². The second-order valence-corrected chi connectivity index (χ2v) is 8.56. The van der Waals surface area contributed by atoms with Gasteiger partial charge in [0.1, 0.15) is 11.6 Å². The average molecular weight is 517 g/mol. The topological polar surface area (TPSA) is 77.4 Å². The summed E-state index contributed by atoms with van der Waals surface area (Å²) in [5.41, 5.74) is 2.88. The van der Waals surface area contributed by atoms with Gasteiger partial charge in [0.2, 0.25) is 0 Å². The molecule has 37 heavy (non-hydrogen) atoms. The molecule has 2 N–H and O–H groups in total. The molecule has 1 heterocycles. The molecule has 7 nitrogen and oxygen atoms in total. The molecule has 0 radical (unpaired) electrons. The first kappa shape index (κ1) is 27.8. The number of imidazole rings is 1. The third-order valence-electron chi connectivity index (χ3n) is 5.51. The minimum absolute atomic E-state index is 0.0320. The molecule has 1 saturated carbocycles. The summed E-state index contributed by atoms with van der Waals surface area (Å²) in [7, 11) is 1.33. The van der Waals surface area contributed by atoms with Crippen LogP contribution in [0.3, 0.4) is 0 Å². The van der Waals surface area contributed by atoms with Crippen LogP contribution >= 0.6 is 0 Å². The quantitative estimate of drug-likeness (QED) is 0.273. The number of alkyl halides is 2. The van der Waals surface area contributed by atoms with Crippen molar-refractivity contribution in [1.29, 1.82) is 0 Å². The summed E-state index contributed by atoms with van der Waals surface area (Å²) in [4.78, 5) is 16.9. The van der Waals surface area contributed by atoms with E-state index in [1.807, 2.05) is 19.1 Å². The minimum Gasteiger partial charge on any atom is -0.494 e. The minimum atomic E-state index is -2.49. The predicted molar refractivity (Wildman–Crippen MR) is 136 cm³/mol. The van der Waals surface area contributed by atoms with Crippen LogP contribution < -0.4 is 10.6 Å². The van der Waals surface area contributed by atoms with Crippen molar-refractivity contribution >= 4 is 12.1 Å². The number of aryl methyl sites for hydroxylation is 1. The first-order valence-electron chi connectivity index (χ1n) is 11.8. The smallest absolute Gasteiger partial charge is 0.251 e. The monoisotopic (exact) mass is 516 g/mol. The van der Waals surface area contributed by atoms with Crippen molar-refractivity contribution in [1.82, 2.24) is 20.2 Å². The summed E-state index contributed by atoms with van der Waals surface area (Å²) in [6, 6.07) is 5.73. The van der Waals surface area contributed by atoms with Crippen LogP contribution in [0.1, 0.15) is 41.5 Å². The SMILES string of the molecule is C=C(F)C(=CC=COC(C)=Cn1c(-c2ccc(C(=O)NC3CC3)c(C)c2)cnc1CNCC(F)F)OC. The Hall–Kier alpha value is -3.79. The van der Waals surface area contributed by atoms with Crippen molar-refractivity contribution in [3.05, 3.63) is 83.7 Å². The van der Waals surface area contributed by atoms with Crippen molar-refractivity contribution in [2.24, 2.45) is 0 Å². The van der Waals surface area contributed by atoms with Crippen LogP contribution in [-0.2, 0) is 16.0 Å². The number of hydrogen-bond acceptors (Lipinski definition) is 5. The van der Waals surface area contributed by atoms with E-state index in [1.165, 1.54) is 25.5 Å². The molecule has 0 spiro atoms. The van der Waals surface area contributed by atoms with Gasteiger partial charge in [0.25, 0.3) is 12.3 Å². The Labute approximate surface area is 214 Å². The largest absolute Gasteiger partial charge is 0.494 e. The highest BCUT2D eigenvalue weighted by atomic mass is 19.3. The molecular formula is C27H31F3N4O3. The van der Waals surface area contributed by atoms with Crippen LogP contribution in [-0.4, -0.2) is 41.6 Å². The maximum Gasteiger partial charge on any atom is 0.251 e. The second-order valence-electron chi connectivity index (χ2n) is 8.56. The number of methoxy groups -OCH3 is 1. The molecule has 1 aliphatic carbocycles. The van der Waals surface area contributed by atoms with E-state index in [0.29, 0.717) is 22.8 Å². The summed E-state index contributed by atoms with van der Waals surface area (Å²) in [6.07, 6.45) is 6.98. The normalized spacial score (nSPS) is 14.4. The van der Waals surface area contributed by atoms with Gasteiger partial charge in [-0.1, -0.05) is 12.6 Å². The molecule has 2 aromatic rings. The third kappa shape index (κ3) is 8.11. The van der Waals surface area contributed by atoms with Gasteiger partial charge in [-0.15, -0.1) is 0 Å². The fourth-order valence-electron chi connectivity index (χ4n) is 3.50. The lowest BCUT2D eigenvalue weighted by atomic mass is 10.0. The number of amides is 1. The predicted octanol–water partition coefficient (Wildman–Crippen LogP) is 5.47. The third-order valence-corrected chi connectivity index (χ3v) is 5.51. The van der Waals surface area contributed by atoms with Gasteiger partial charge in [-0.25, -0.2) is 18.2 Å². The van der Waals surface area contributed by atoms with Crippen LogP contribution in [0.5, 0.6) is 0 Å². The number of halogens is 3. The van der Waals surface area contributed by atoms with Gasteiger partial charge in [-0.3, -0.25) is 9.36 Å². The molecule has 1 aliphatic rings. The van der Waals surface area contributed by atoms with Crippen molar-refractivity contribution in [3.8, 4) is 11.3 Å². The second kappa shape index (κ2) is 13.0. The molecule has 1 amide bonds. The molecule has 1 fully saturated rings. The lowest BCUT2D eigenvalue weighted by Crippen LogP contribution is -2.26. The summed E-state index contributed by atoms with van der Waals surface area (Å²) in [5, 5.41) is 5.67. The van der Waals surface area contributed by atoms with Crippen LogP contribution in [0, 0.1) is 6.92 Å². The van der Waals surface area contributed by atoms with E-state index < -0.39 is 18.8 Å². The number of allylic oxidation sites excluding steroid dienone is 4. The molecule has 0 unspecified atom stereocenters. The highest BCUT2D eigenvalue weighted by Gasteiger charge is 2.24. The Kier molecular flexibility index (Phi) is 9.73. The van der Waals surface area contributed by atoms with E-state index >= 15 is 0 Å². The lowest BCUT2D eigenvalue weighted by Gasteiger charge is -2.12. The number of carbonyl (C=O) groups is 1. The van der Waals surface area contributed by atoms with E-state index in [9.17, 15) is 18.0 Å². The number of ether oxygens (including phenoxy) is 2. The van der Waals surface area contributed by atoms with Gasteiger partial charge >= 0.3 is 0 Å². The zero-order valence-corrected chi connectivity index (χ0v) is 21.1. The fourth-order valence-corrected chi connectivity index (χ4v) is 3.50. The Morgan fingerprint density at radius 3 is 2.73 bits per heavy atom. The zero-order valence-electron chi connectivity index (χ0n) is 21.1. The maximum atomic E-state index is 13.2. The lowest BCUT2D eigenvalue weighted by molar-refractivity contribution is 0.0950. The van der Waals surface area contributed by atoms with Crippen LogP contribution in [0.25, 0.3) is 17.5 Å². The maximum absolute atomic E-state index is 13.2. The van der Waals surface area contributed by atoms with Gasteiger partial charge in [0.15, 0.2) is 11.6 Å². The molecular weight excluding hydrogens is 485 g/mol. The molecule has 198 valence electrons. The van der Waals surface area contributed by atoms with Crippen molar-refractivity contribution in [2.45, 2.75) is 45.7 Å². The highest BCUT2D eigenvalue weighted by Crippen LogP contribution is 2.26. The van der Waals surface area contributed by atoms with Gasteiger partial charge < -0.3 is 20.1 Å². The molecule has 1 aromatic heterocycles. The van der Waals surface area contributed by atoms with Gasteiger partial charge in [-0.05, 0) is 56.5 Å². The standard InChI is InChI=1S/C27H31F3N4O3/c1-17-12-20(7-10-22(17)27(35)33-21-8-9-21)23-13-32-26(15-31-14-25(29)30)34(23)16-18(2)37-11-5-6-24(36-4)19(3)28/h5-7,10-13,16,21,25,31H,3,8-9,14-15H2,1-2,4H3,(H,33,35). The van der Waals surface area contributed by atoms with E-state index in [4.69, 9.17) is 9.47 Å². The first-order valence-corrected chi connectivity index (χ1v) is 11.8. The van der Waals surface area contributed by atoms with E-state index in [1.54, 1.807) is 30.0 Å². The Balaban J connectivity index is 1.86. The van der Waals surface area contributed by atoms with E-state index in [-0.39, 0.29) is 24.3 Å². The average Bonchev–Trinajstić information content (AvgIpc) is 3.57. The number of nitrogens with one attached hydrogen (secondary N) is 2. The highest BCUT2D eigenvalue weighted by molar-refractivity contribution is 5.96. The van der Waals surface area contributed by atoms with Crippen molar-refractivity contribution in [2.75, 3.05) is 13.7 Å². The number of nitrogens with zero attached hydrogens (tertiary/aromatic N) is 2. The summed E-state index contributed by atoms with van der Waals surface area (Å²) in [5.74, 6) is 0.0975. The number of benzene rings is 1. The zero-order chi connectivity index (χ0) is 26.9. The summed E-state index contributed by atoms with van der Waals surface area (Å²) < 4.78 is 50.7. The molecule has 1 aromatic carbocycles.